The predicted molar refractivity (Wildman–Crippen MR) is 69.3 cm³/mol. The average molecular weight is 228 g/mol. The Labute approximate surface area is 104 Å². The molecule has 1 aromatic rings. The van der Waals surface area contributed by atoms with E-state index in [0.717, 1.165) is 19.5 Å². The van der Waals surface area contributed by atoms with Crippen LogP contribution in [0.15, 0.2) is 30.3 Å². The summed E-state index contributed by atoms with van der Waals surface area (Å²) in [4.78, 5) is 2.34. The van der Waals surface area contributed by atoms with Gasteiger partial charge in [0.2, 0.25) is 0 Å². The Bertz CT molecular complexity index is 393. The molecule has 1 unspecified atom stereocenters. The molecule has 0 saturated carbocycles. The fourth-order valence-corrected chi connectivity index (χ4v) is 2.54. The van der Waals surface area contributed by atoms with Crippen LogP contribution >= 0.6 is 0 Å². The molecule has 0 bridgehead atoms. The molecule has 1 atom stereocenters. The monoisotopic (exact) mass is 228 g/mol. The van der Waals surface area contributed by atoms with Crippen LogP contribution in [-0.2, 0) is 6.54 Å². The zero-order valence-corrected chi connectivity index (χ0v) is 10.5. The van der Waals surface area contributed by atoms with E-state index in [4.69, 9.17) is 0 Å². The molecule has 1 fully saturated rings. The third kappa shape index (κ3) is 2.87. The van der Waals surface area contributed by atoms with E-state index in [-0.39, 0.29) is 5.54 Å². The van der Waals surface area contributed by atoms with Crippen LogP contribution in [0.3, 0.4) is 0 Å². The Kier molecular flexibility index (Phi) is 3.81. The lowest BCUT2D eigenvalue weighted by Crippen LogP contribution is -2.44. The summed E-state index contributed by atoms with van der Waals surface area (Å²) in [5.41, 5.74) is 1.02. The largest absolute Gasteiger partial charge is 0.281 e. The summed E-state index contributed by atoms with van der Waals surface area (Å²) < 4.78 is 0. The average Bonchev–Trinajstić information content (AvgIpc) is 2.55. The Morgan fingerprint density at radius 3 is 2.71 bits per heavy atom. The molecule has 0 radical (unpaired) electrons. The van der Waals surface area contributed by atoms with Crippen LogP contribution in [0.25, 0.3) is 0 Å². The summed E-state index contributed by atoms with van der Waals surface area (Å²) in [6.45, 7) is 4.02. The predicted octanol–water partition coefficient (Wildman–Crippen LogP) is 3.34. The topological polar surface area (TPSA) is 27.0 Å². The summed E-state index contributed by atoms with van der Waals surface area (Å²) in [6, 6.07) is 13.0. The summed E-state index contributed by atoms with van der Waals surface area (Å²) >= 11 is 0. The highest BCUT2D eigenvalue weighted by atomic mass is 15.2. The fourth-order valence-electron chi connectivity index (χ4n) is 2.54. The first kappa shape index (κ1) is 12.1. The first-order chi connectivity index (χ1) is 8.24. The maximum atomic E-state index is 9.43. The molecule has 2 nitrogen and oxygen atoms in total. The molecule has 90 valence electrons. The van der Waals surface area contributed by atoms with Crippen LogP contribution in [0.2, 0.25) is 0 Å². The van der Waals surface area contributed by atoms with Crippen molar-refractivity contribution < 1.29 is 0 Å². The zero-order chi connectivity index (χ0) is 12.1. The Morgan fingerprint density at radius 1 is 1.24 bits per heavy atom. The second-order valence-electron chi connectivity index (χ2n) is 5.10. The van der Waals surface area contributed by atoms with Gasteiger partial charge < -0.3 is 0 Å². The number of nitrogens with zero attached hydrogens (tertiary/aromatic N) is 2. The van der Waals surface area contributed by atoms with Gasteiger partial charge in [-0.25, -0.2) is 0 Å². The van der Waals surface area contributed by atoms with Crippen LogP contribution in [-0.4, -0.2) is 17.0 Å². The molecule has 2 heteroatoms. The maximum Gasteiger partial charge on any atom is 0.106 e. The molecule has 0 aliphatic carbocycles. The molecule has 0 spiro atoms. The first-order valence-corrected chi connectivity index (χ1v) is 6.45. The smallest absolute Gasteiger partial charge is 0.106 e. The molecular weight excluding hydrogens is 208 g/mol. The fraction of sp³-hybridized carbons (Fsp3) is 0.533. The van der Waals surface area contributed by atoms with Crippen molar-refractivity contribution in [1.29, 1.82) is 5.26 Å². The van der Waals surface area contributed by atoms with Gasteiger partial charge in [0.1, 0.15) is 5.54 Å². The number of benzene rings is 1. The molecule has 1 saturated heterocycles. The molecule has 0 aromatic heterocycles. The standard InChI is InChI=1S/C15H20N2/c1-15(13-16)10-6-3-7-11-17(15)12-14-8-4-2-5-9-14/h2,4-5,8-9H,3,6-7,10-12H2,1H3. The van der Waals surface area contributed by atoms with Crippen molar-refractivity contribution >= 4 is 0 Å². The van der Waals surface area contributed by atoms with Gasteiger partial charge in [0.15, 0.2) is 0 Å². The van der Waals surface area contributed by atoms with Crippen molar-refractivity contribution in [1.82, 2.24) is 4.90 Å². The van der Waals surface area contributed by atoms with Crippen LogP contribution < -0.4 is 0 Å². The highest BCUT2D eigenvalue weighted by Gasteiger charge is 2.32. The molecule has 1 heterocycles. The molecule has 1 aliphatic rings. The lowest BCUT2D eigenvalue weighted by atomic mass is 9.95. The molecular formula is C15H20N2. The lowest BCUT2D eigenvalue weighted by Gasteiger charge is -2.34. The van der Waals surface area contributed by atoms with Gasteiger partial charge in [0.05, 0.1) is 6.07 Å². The van der Waals surface area contributed by atoms with Crippen LogP contribution in [0, 0.1) is 11.3 Å². The Balaban J connectivity index is 2.14. The van der Waals surface area contributed by atoms with Crippen LogP contribution in [0.1, 0.15) is 38.2 Å². The number of likely N-dealkylation sites (tertiary alicyclic amines) is 1. The van der Waals surface area contributed by atoms with E-state index in [1.54, 1.807) is 0 Å². The van der Waals surface area contributed by atoms with Crippen molar-refractivity contribution in [3.8, 4) is 6.07 Å². The first-order valence-electron chi connectivity index (χ1n) is 6.45. The second-order valence-corrected chi connectivity index (χ2v) is 5.10. The zero-order valence-electron chi connectivity index (χ0n) is 10.5. The van der Waals surface area contributed by atoms with Crippen molar-refractivity contribution in [3.63, 3.8) is 0 Å². The molecule has 1 aliphatic heterocycles. The van der Waals surface area contributed by atoms with Crippen molar-refractivity contribution in [2.75, 3.05) is 6.54 Å². The quantitative estimate of drug-likeness (QED) is 0.776. The van der Waals surface area contributed by atoms with E-state index in [1.807, 2.05) is 6.07 Å². The van der Waals surface area contributed by atoms with Gasteiger partial charge in [0.25, 0.3) is 0 Å². The van der Waals surface area contributed by atoms with E-state index in [2.05, 4.69) is 42.2 Å². The number of hydrogen-bond donors (Lipinski definition) is 0. The van der Waals surface area contributed by atoms with Crippen molar-refractivity contribution in [3.05, 3.63) is 35.9 Å². The lowest BCUT2D eigenvalue weighted by molar-refractivity contribution is 0.147. The molecule has 2 rings (SSSR count). The van der Waals surface area contributed by atoms with Gasteiger partial charge in [-0.2, -0.15) is 5.26 Å². The van der Waals surface area contributed by atoms with E-state index >= 15 is 0 Å². The third-order valence-corrected chi connectivity index (χ3v) is 3.75. The summed E-state index contributed by atoms with van der Waals surface area (Å²) in [6.07, 6.45) is 4.64. The Hall–Kier alpha value is -1.33. The van der Waals surface area contributed by atoms with Crippen LogP contribution in [0.4, 0.5) is 0 Å². The summed E-state index contributed by atoms with van der Waals surface area (Å²) in [5.74, 6) is 0. The molecule has 0 amide bonds. The van der Waals surface area contributed by atoms with Gasteiger partial charge in [-0.15, -0.1) is 0 Å². The van der Waals surface area contributed by atoms with E-state index in [9.17, 15) is 5.26 Å². The SMILES string of the molecule is CC1(C#N)CCCCCN1Cc1ccccc1. The number of rotatable bonds is 2. The number of hydrogen-bond acceptors (Lipinski definition) is 2. The highest BCUT2D eigenvalue weighted by Crippen LogP contribution is 2.27. The van der Waals surface area contributed by atoms with Crippen LogP contribution in [0.5, 0.6) is 0 Å². The molecule has 1 aromatic carbocycles. The maximum absolute atomic E-state index is 9.43. The van der Waals surface area contributed by atoms with Gasteiger partial charge in [0, 0.05) is 6.54 Å². The van der Waals surface area contributed by atoms with E-state index < -0.39 is 0 Å². The van der Waals surface area contributed by atoms with Crippen molar-refractivity contribution in [2.45, 2.75) is 44.7 Å². The van der Waals surface area contributed by atoms with Crippen molar-refractivity contribution in [2.24, 2.45) is 0 Å². The molecule has 0 N–H and O–H groups in total. The normalized spacial score (nSPS) is 26.1. The summed E-state index contributed by atoms with van der Waals surface area (Å²) in [5, 5.41) is 9.43. The van der Waals surface area contributed by atoms with Gasteiger partial charge in [-0.3, -0.25) is 4.90 Å². The minimum atomic E-state index is -0.285. The minimum Gasteiger partial charge on any atom is -0.281 e. The van der Waals surface area contributed by atoms with E-state index in [1.165, 1.54) is 24.8 Å². The second kappa shape index (κ2) is 5.33. The highest BCUT2D eigenvalue weighted by molar-refractivity contribution is 5.16. The minimum absolute atomic E-state index is 0.285. The molecule has 17 heavy (non-hydrogen) atoms. The Morgan fingerprint density at radius 2 is 2.00 bits per heavy atom. The van der Waals surface area contributed by atoms with Gasteiger partial charge in [-0.1, -0.05) is 43.2 Å². The van der Waals surface area contributed by atoms with Gasteiger partial charge >= 0.3 is 0 Å². The summed E-state index contributed by atoms with van der Waals surface area (Å²) in [7, 11) is 0. The van der Waals surface area contributed by atoms with Gasteiger partial charge in [-0.05, 0) is 31.9 Å². The third-order valence-electron chi connectivity index (χ3n) is 3.75. The van der Waals surface area contributed by atoms with E-state index in [0.29, 0.717) is 0 Å². The number of nitriles is 1.